The van der Waals surface area contributed by atoms with E-state index in [1.54, 1.807) is 20.2 Å². The Kier molecular flexibility index (Phi) is 2.82. The zero-order valence-corrected chi connectivity index (χ0v) is 10.7. The molecule has 7 nitrogen and oxygen atoms in total. The first-order valence-corrected chi connectivity index (χ1v) is 6.63. The minimum atomic E-state index is -3.81. The standard InChI is InChI=1S/C9H14N4O3S/c1-4-5-7-6-8-13(10-7)17(14,15)11-9(16-8)12(2)3/h6H,4-5H2,1-3H3. The van der Waals surface area contributed by atoms with Crippen LogP contribution in [0.2, 0.25) is 0 Å². The van der Waals surface area contributed by atoms with Gasteiger partial charge in [-0.25, -0.2) is 0 Å². The number of hydrogen-bond acceptors (Lipinski definition) is 5. The molecule has 0 saturated carbocycles. The summed E-state index contributed by atoms with van der Waals surface area (Å²) in [5, 5.41) is 3.97. The van der Waals surface area contributed by atoms with Crippen molar-refractivity contribution in [2.75, 3.05) is 14.1 Å². The third-order valence-electron chi connectivity index (χ3n) is 2.19. The molecular formula is C9H14N4O3S. The van der Waals surface area contributed by atoms with Crippen LogP contribution in [-0.4, -0.2) is 42.6 Å². The van der Waals surface area contributed by atoms with Gasteiger partial charge in [0.05, 0.1) is 5.69 Å². The van der Waals surface area contributed by atoms with Crippen molar-refractivity contribution in [3.63, 3.8) is 0 Å². The molecular weight excluding hydrogens is 244 g/mol. The minimum Gasteiger partial charge on any atom is -0.405 e. The Morgan fingerprint density at radius 2 is 2.18 bits per heavy atom. The van der Waals surface area contributed by atoms with Crippen LogP contribution in [0.4, 0.5) is 0 Å². The lowest BCUT2D eigenvalue weighted by atomic mass is 10.3. The van der Waals surface area contributed by atoms with Gasteiger partial charge in [0.15, 0.2) is 0 Å². The lowest BCUT2D eigenvalue weighted by molar-refractivity contribution is 0.404. The Balaban J connectivity index is 2.45. The van der Waals surface area contributed by atoms with Crippen LogP contribution in [-0.2, 0) is 16.6 Å². The van der Waals surface area contributed by atoms with Gasteiger partial charge in [0, 0.05) is 20.2 Å². The molecule has 2 heterocycles. The third-order valence-corrected chi connectivity index (χ3v) is 3.28. The topological polar surface area (TPSA) is 76.8 Å². The maximum Gasteiger partial charge on any atom is 0.371 e. The SMILES string of the molecule is CCCc1cc2n(n1)S(=O)(=O)N=C(N(C)C)O2. The molecule has 0 saturated heterocycles. The highest BCUT2D eigenvalue weighted by atomic mass is 32.2. The van der Waals surface area contributed by atoms with Crippen LogP contribution < -0.4 is 4.74 Å². The molecule has 0 aromatic carbocycles. The molecule has 1 aromatic rings. The normalized spacial score (nSPS) is 17.0. The lowest BCUT2D eigenvalue weighted by Gasteiger charge is -2.19. The maximum atomic E-state index is 11.8. The van der Waals surface area contributed by atoms with E-state index in [9.17, 15) is 8.42 Å². The molecule has 1 aliphatic rings. The highest BCUT2D eigenvalue weighted by Gasteiger charge is 2.28. The van der Waals surface area contributed by atoms with E-state index in [4.69, 9.17) is 4.74 Å². The highest BCUT2D eigenvalue weighted by molar-refractivity contribution is 7.88. The van der Waals surface area contributed by atoms with Crippen molar-refractivity contribution in [2.45, 2.75) is 19.8 Å². The van der Waals surface area contributed by atoms with Gasteiger partial charge >= 0.3 is 16.2 Å². The van der Waals surface area contributed by atoms with Gasteiger partial charge in [-0.15, -0.1) is 4.09 Å². The Hall–Kier alpha value is -1.57. The second-order valence-electron chi connectivity index (χ2n) is 3.92. The monoisotopic (exact) mass is 258 g/mol. The zero-order chi connectivity index (χ0) is 12.6. The molecule has 0 fully saturated rings. The van der Waals surface area contributed by atoms with Crippen molar-refractivity contribution >= 4 is 16.2 Å². The summed E-state index contributed by atoms with van der Waals surface area (Å²) in [6.07, 6.45) is 1.59. The Labute approximate surface area is 99.9 Å². The molecule has 0 radical (unpaired) electrons. The molecule has 8 heteroatoms. The summed E-state index contributed by atoms with van der Waals surface area (Å²) in [6.45, 7) is 2.00. The Morgan fingerprint density at radius 3 is 2.76 bits per heavy atom. The van der Waals surface area contributed by atoms with Gasteiger partial charge in [-0.2, -0.15) is 13.5 Å². The van der Waals surface area contributed by atoms with Gasteiger partial charge in [0.1, 0.15) is 0 Å². The number of amidine groups is 1. The fraction of sp³-hybridized carbons (Fsp3) is 0.556. The average Bonchev–Trinajstić information content (AvgIpc) is 2.61. The maximum absolute atomic E-state index is 11.8. The predicted molar refractivity (Wildman–Crippen MR) is 62.3 cm³/mol. The van der Waals surface area contributed by atoms with E-state index < -0.39 is 10.2 Å². The molecule has 0 aliphatic carbocycles. The Bertz CT molecular complexity index is 559. The van der Waals surface area contributed by atoms with Crippen molar-refractivity contribution < 1.29 is 13.2 Å². The zero-order valence-electron chi connectivity index (χ0n) is 9.91. The van der Waals surface area contributed by atoms with Gasteiger partial charge in [0.25, 0.3) is 0 Å². The van der Waals surface area contributed by atoms with Crippen LogP contribution in [0, 0.1) is 0 Å². The molecule has 17 heavy (non-hydrogen) atoms. The fourth-order valence-electron chi connectivity index (χ4n) is 1.43. The first-order valence-electron chi connectivity index (χ1n) is 5.23. The van der Waals surface area contributed by atoms with E-state index in [0.717, 1.165) is 10.5 Å². The molecule has 0 bridgehead atoms. The van der Waals surface area contributed by atoms with Gasteiger partial charge in [-0.3, -0.25) is 0 Å². The van der Waals surface area contributed by atoms with Crippen molar-refractivity contribution in [1.82, 2.24) is 14.1 Å². The summed E-state index contributed by atoms with van der Waals surface area (Å²) in [5.74, 6) is 0.187. The summed E-state index contributed by atoms with van der Waals surface area (Å²) in [7, 11) is -0.487. The molecule has 0 atom stereocenters. The quantitative estimate of drug-likeness (QED) is 0.759. The molecule has 0 unspecified atom stereocenters. The predicted octanol–water partition coefficient (Wildman–Crippen LogP) is 0.238. The number of hydrogen-bond donors (Lipinski definition) is 0. The van der Waals surface area contributed by atoms with Crippen LogP contribution in [0.5, 0.6) is 5.88 Å². The van der Waals surface area contributed by atoms with Crippen LogP contribution >= 0.6 is 0 Å². The second-order valence-corrected chi connectivity index (χ2v) is 5.34. The van der Waals surface area contributed by atoms with Crippen molar-refractivity contribution in [2.24, 2.45) is 4.40 Å². The molecule has 1 aliphatic heterocycles. The van der Waals surface area contributed by atoms with Crippen LogP contribution in [0.25, 0.3) is 0 Å². The van der Waals surface area contributed by atoms with E-state index in [-0.39, 0.29) is 11.9 Å². The number of fused-ring (bicyclic) bond motifs is 1. The van der Waals surface area contributed by atoms with Crippen LogP contribution in [0.3, 0.4) is 0 Å². The van der Waals surface area contributed by atoms with Gasteiger partial charge in [-0.1, -0.05) is 17.7 Å². The molecule has 94 valence electrons. The average molecular weight is 258 g/mol. The van der Waals surface area contributed by atoms with Crippen LogP contribution in [0.15, 0.2) is 10.5 Å². The first-order chi connectivity index (χ1) is 7.94. The van der Waals surface area contributed by atoms with E-state index in [2.05, 4.69) is 9.50 Å². The van der Waals surface area contributed by atoms with Gasteiger partial charge < -0.3 is 9.64 Å². The second kappa shape index (κ2) is 4.02. The molecule has 0 spiro atoms. The minimum absolute atomic E-state index is 0.0421. The molecule has 0 amide bonds. The summed E-state index contributed by atoms with van der Waals surface area (Å²) in [5.41, 5.74) is 0.682. The lowest BCUT2D eigenvalue weighted by Crippen LogP contribution is -2.34. The first kappa shape index (κ1) is 11.9. The largest absolute Gasteiger partial charge is 0.405 e. The van der Waals surface area contributed by atoms with E-state index in [0.29, 0.717) is 12.1 Å². The number of ether oxygens (including phenoxy) is 1. The van der Waals surface area contributed by atoms with E-state index in [1.165, 1.54) is 4.90 Å². The van der Waals surface area contributed by atoms with Gasteiger partial charge in [-0.05, 0) is 6.42 Å². The number of rotatable bonds is 2. The molecule has 1 aromatic heterocycles. The van der Waals surface area contributed by atoms with Crippen molar-refractivity contribution in [3.05, 3.63) is 11.8 Å². The molecule has 2 rings (SSSR count). The fourth-order valence-corrected chi connectivity index (χ4v) is 2.43. The van der Waals surface area contributed by atoms with E-state index >= 15 is 0 Å². The van der Waals surface area contributed by atoms with Gasteiger partial charge in [0.2, 0.25) is 5.88 Å². The smallest absolute Gasteiger partial charge is 0.371 e. The molecule has 0 N–H and O–H groups in total. The number of nitrogens with zero attached hydrogens (tertiary/aromatic N) is 4. The summed E-state index contributed by atoms with van der Waals surface area (Å²) >= 11 is 0. The summed E-state index contributed by atoms with van der Waals surface area (Å²) in [4.78, 5) is 1.49. The number of aryl methyl sites for hydroxylation is 1. The van der Waals surface area contributed by atoms with Crippen LogP contribution in [0.1, 0.15) is 19.0 Å². The summed E-state index contributed by atoms with van der Waals surface area (Å²) < 4.78 is 33.3. The number of aromatic nitrogens is 2. The van der Waals surface area contributed by atoms with Crippen molar-refractivity contribution in [1.29, 1.82) is 0 Å². The Morgan fingerprint density at radius 1 is 1.47 bits per heavy atom. The third kappa shape index (κ3) is 2.12. The summed E-state index contributed by atoms with van der Waals surface area (Å²) in [6, 6.07) is 1.67. The van der Waals surface area contributed by atoms with Crippen molar-refractivity contribution in [3.8, 4) is 5.88 Å². The van der Waals surface area contributed by atoms with E-state index in [1.807, 2.05) is 6.92 Å². The highest BCUT2D eigenvalue weighted by Crippen LogP contribution is 2.22.